The van der Waals surface area contributed by atoms with E-state index in [9.17, 15) is 9.59 Å². The highest BCUT2D eigenvalue weighted by atomic mass is 16.2. The molecule has 160 valence electrons. The minimum absolute atomic E-state index is 0.0223. The second-order valence-corrected chi connectivity index (χ2v) is 7.88. The SMILES string of the molecule is CCCN1CCC(NC(=O)Nc2ccc(CC(=O)N(C)c3ccccc3)cc2)CC1. The molecule has 2 aromatic carbocycles. The van der Waals surface area contributed by atoms with Gasteiger partial charge in [0.1, 0.15) is 0 Å². The predicted octanol–water partition coefficient (Wildman–Crippen LogP) is 3.89. The van der Waals surface area contributed by atoms with Crippen molar-refractivity contribution in [1.29, 1.82) is 0 Å². The molecule has 2 N–H and O–H groups in total. The van der Waals surface area contributed by atoms with Crippen LogP contribution < -0.4 is 15.5 Å². The average Bonchev–Trinajstić information content (AvgIpc) is 2.76. The summed E-state index contributed by atoms with van der Waals surface area (Å²) in [5.74, 6) is 0.0223. The molecule has 0 unspecified atom stereocenters. The number of anilines is 2. The summed E-state index contributed by atoms with van der Waals surface area (Å²) in [6.45, 7) is 5.41. The summed E-state index contributed by atoms with van der Waals surface area (Å²) >= 11 is 0. The number of rotatable bonds is 7. The average molecular weight is 409 g/mol. The Morgan fingerprint density at radius 2 is 1.70 bits per heavy atom. The first-order valence-electron chi connectivity index (χ1n) is 10.8. The number of hydrogen-bond donors (Lipinski definition) is 2. The molecule has 0 aromatic heterocycles. The monoisotopic (exact) mass is 408 g/mol. The van der Waals surface area contributed by atoms with Gasteiger partial charge in [-0.15, -0.1) is 0 Å². The van der Waals surface area contributed by atoms with Gasteiger partial charge >= 0.3 is 6.03 Å². The van der Waals surface area contributed by atoms with E-state index in [1.54, 1.807) is 11.9 Å². The van der Waals surface area contributed by atoms with Crippen LogP contribution >= 0.6 is 0 Å². The second-order valence-electron chi connectivity index (χ2n) is 7.88. The number of urea groups is 1. The zero-order valence-electron chi connectivity index (χ0n) is 17.9. The van der Waals surface area contributed by atoms with E-state index in [2.05, 4.69) is 22.5 Å². The Bertz CT molecular complexity index is 815. The molecule has 0 atom stereocenters. The number of amides is 3. The first-order chi connectivity index (χ1) is 14.5. The smallest absolute Gasteiger partial charge is 0.319 e. The van der Waals surface area contributed by atoms with Gasteiger partial charge in [0.15, 0.2) is 0 Å². The molecule has 2 aromatic rings. The molecule has 30 heavy (non-hydrogen) atoms. The normalized spacial score (nSPS) is 14.9. The number of nitrogens with one attached hydrogen (secondary N) is 2. The first kappa shape index (κ1) is 21.8. The van der Waals surface area contributed by atoms with E-state index in [0.717, 1.165) is 49.4 Å². The predicted molar refractivity (Wildman–Crippen MR) is 122 cm³/mol. The van der Waals surface area contributed by atoms with E-state index in [0.29, 0.717) is 6.42 Å². The van der Waals surface area contributed by atoms with Gasteiger partial charge in [0.25, 0.3) is 0 Å². The molecule has 0 aliphatic carbocycles. The number of likely N-dealkylation sites (tertiary alicyclic amines) is 1. The van der Waals surface area contributed by atoms with Crippen LogP contribution in [0.3, 0.4) is 0 Å². The molecule has 6 heteroatoms. The first-order valence-corrected chi connectivity index (χ1v) is 10.8. The number of likely N-dealkylation sites (N-methyl/N-ethyl adjacent to an activating group) is 1. The lowest BCUT2D eigenvalue weighted by Gasteiger charge is -2.32. The molecule has 0 spiro atoms. The highest BCUT2D eigenvalue weighted by Crippen LogP contribution is 2.15. The molecule has 1 heterocycles. The molecule has 0 radical (unpaired) electrons. The van der Waals surface area contributed by atoms with Gasteiger partial charge in [-0.25, -0.2) is 4.79 Å². The van der Waals surface area contributed by atoms with Crippen molar-refractivity contribution in [3.8, 4) is 0 Å². The van der Waals surface area contributed by atoms with Gasteiger partial charge < -0.3 is 20.4 Å². The standard InChI is InChI=1S/C24H32N4O2/c1-3-15-28-16-13-21(14-17-28)26-24(30)25-20-11-9-19(10-12-20)18-23(29)27(2)22-7-5-4-6-8-22/h4-12,21H,3,13-18H2,1-2H3,(H2,25,26,30). The van der Waals surface area contributed by atoms with E-state index < -0.39 is 0 Å². The van der Waals surface area contributed by atoms with E-state index >= 15 is 0 Å². The van der Waals surface area contributed by atoms with Crippen LogP contribution in [0.15, 0.2) is 54.6 Å². The van der Waals surface area contributed by atoms with Crippen LogP contribution in [0.25, 0.3) is 0 Å². The molecule has 1 aliphatic heterocycles. The maximum atomic E-state index is 12.5. The molecule has 1 fully saturated rings. The highest BCUT2D eigenvalue weighted by Gasteiger charge is 2.20. The Labute approximate surface area is 179 Å². The van der Waals surface area contributed by atoms with Crippen LogP contribution in [0.5, 0.6) is 0 Å². The summed E-state index contributed by atoms with van der Waals surface area (Å²) in [5.41, 5.74) is 2.51. The molecule has 6 nitrogen and oxygen atoms in total. The number of carbonyl (C=O) groups excluding carboxylic acids is 2. The van der Waals surface area contributed by atoms with Crippen molar-refractivity contribution < 1.29 is 9.59 Å². The third-order valence-corrected chi connectivity index (χ3v) is 5.55. The van der Waals surface area contributed by atoms with Crippen molar-refractivity contribution in [1.82, 2.24) is 10.2 Å². The highest BCUT2D eigenvalue weighted by molar-refractivity contribution is 5.94. The number of piperidine rings is 1. The Kier molecular flexibility index (Phi) is 7.85. The van der Waals surface area contributed by atoms with Gasteiger partial charge in [-0.05, 0) is 55.6 Å². The van der Waals surface area contributed by atoms with Crippen molar-refractivity contribution in [2.75, 3.05) is 36.9 Å². The Balaban J connectivity index is 1.45. The van der Waals surface area contributed by atoms with Crippen molar-refractivity contribution in [3.63, 3.8) is 0 Å². The second kappa shape index (κ2) is 10.8. The minimum atomic E-state index is -0.170. The quantitative estimate of drug-likeness (QED) is 0.731. The van der Waals surface area contributed by atoms with Gasteiger partial charge in [-0.3, -0.25) is 4.79 Å². The van der Waals surface area contributed by atoms with Crippen molar-refractivity contribution in [3.05, 3.63) is 60.2 Å². The van der Waals surface area contributed by atoms with Crippen LogP contribution in [0, 0.1) is 0 Å². The lowest BCUT2D eigenvalue weighted by Crippen LogP contribution is -2.46. The Morgan fingerprint density at radius 3 is 2.33 bits per heavy atom. The van der Waals surface area contributed by atoms with E-state index in [1.807, 2.05) is 54.6 Å². The number of carbonyl (C=O) groups is 2. The molecular formula is C24H32N4O2. The molecule has 3 rings (SSSR count). The van der Waals surface area contributed by atoms with Crippen molar-refractivity contribution >= 4 is 23.3 Å². The fourth-order valence-corrected chi connectivity index (χ4v) is 3.76. The van der Waals surface area contributed by atoms with Crippen LogP contribution in [-0.4, -0.2) is 49.6 Å². The van der Waals surface area contributed by atoms with Crippen LogP contribution in [0.4, 0.5) is 16.2 Å². The molecule has 3 amide bonds. The fraction of sp³-hybridized carbons (Fsp3) is 0.417. The lowest BCUT2D eigenvalue weighted by molar-refractivity contribution is -0.117. The van der Waals surface area contributed by atoms with Gasteiger partial charge in [-0.1, -0.05) is 37.3 Å². The number of benzene rings is 2. The molecule has 0 bridgehead atoms. The van der Waals surface area contributed by atoms with E-state index in [4.69, 9.17) is 0 Å². The summed E-state index contributed by atoms with van der Waals surface area (Å²) in [7, 11) is 1.78. The summed E-state index contributed by atoms with van der Waals surface area (Å²) in [6.07, 6.45) is 3.46. The van der Waals surface area contributed by atoms with Crippen LogP contribution in [0.2, 0.25) is 0 Å². The number of para-hydroxylation sites is 1. The van der Waals surface area contributed by atoms with Crippen molar-refractivity contribution in [2.45, 2.75) is 38.6 Å². The molecule has 0 saturated carbocycles. The number of nitrogens with zero attached hydrogens (tertiary/aromatic N) is 2. The Morgan fingerprint density at radius 1 is 1.03 bits per heavy atom. The van der Waals surface area contributed by atoms with Gasteiger partial charge in [-0.2, -0.15) is 0 Å². The fourth-order valence-electron chi connectivity index (χ4n) is 3.76. The summed E-state index contributed by atoms with van der Waals surface area (Å²) in [6, 6.07) is 17.1. The maximum Gasteiger partial charge on any atom is 0.319 e. The van der Waals surface area contributed by atoms with Crippen LogP contribution in [0.1, 0.15) is 31.7 Å². The number of hydrogen-bond acceptors (Lipinski definition) is 3. The van der Waals surface area contributed by atoms with Crippen molar-refractivity contribution in [2.24, 2.45) is 0 Å². The lowest BCUT2D eigenvalue weighted by atomic mass is 10.1. The zero-order chi connectivity index (χ0) is 21.3. The van der Waals surface area contributed by atoms with Gasteiger partial charge in [0.05, 0.1) is 6.42 Å². The topological polar surface area (TPSA) is 64.7 Å². The summed E-state index contributed by atoms with van der Waals surface area (Å²) < 4.78 is 0. The van der Waals surface area contributed by atoms with Crippen LogP contribution in [-0.2, 0) is 11.2 Å². The third kappa shape index (κ3) is 6.32. The zero-order valence-corrected chi connectivity index (χ0v) is 17.9. The minimum Gasteiger partial charge on any atom is -0.335 e. The summed E-state index contributed by atoms with van der Waals surface area (Å²) in [4.78, 5) is 28.9. The maximum absolute atomic E-state index is 12.5. The third-order valence-electron chi connectivity index (χ3n) is 5.55. The van der Waals surface area contributed by atoms with E-state index in [1.165, 1.54) is 6.42 Å². The van der Waals surface area contributed by atoms with E-state index in [-0.39, 0.29) is 18.0 Å². The van der Waals surface area contributed by atoms with Gasteiger partial charge in [0.2, 0.25) is 5.91 Å². The van der Waals surface area contributed by atoms with Gasteiger partial charge in [0, 0.05) is 37.6 Å². The largest absolute Gasteiger partial charge is 0.335 e. The Hall–Kier alpha value is -2.86. The molecule has 1 saturated heterocycles. The molecular weight excluding hydrogens is 376 g/mol. The molecule has 1 aliphatic rings. The summed E-state index contributed by atoms with van der Waals surface area (Å²) in [5, 5.41) is 5.97.